The van der Waals surface area contributed by atoms with Gasteiger partial charge >= 0.3 is 0 Å². The molecule has 2 aromatic rings. The molecule has 1 aliphatic heterocycles. The summed E-state index contributed by atoms with van der Waals surface area (Å²) in [5.41, 5.74) is 1.66. The number of hydrogen-bond donors (Lipinski definition) is 2. The maximum atomic E-state index is 12.8. The lowest BCUT2D eigenvalue weighted by molar-refractivity contribution is 0.0885. The molecule has 1 aromatic carbocycles. The van der Waals surface area contributed by atoms with Crippen LogP contribution in [0.3, 0.4) is 0 Å². The molecule has 2 heterocycles. The van der Waals surface area contributed by atoms with Crippen molar-refractivity contribution in [2.75, 3.05) is 18.1 Å². The van der Waals surface area contributed by atoms with Crippen molar-refractivity contribution >= 4 is 27.3 Å². The fourth-order valence-electron chi connectivity index (χ4n) is 3.48. The van der Waals surface area contributed by atoms with E-state index in [1.807, 2.05) is 26.0 Å². The molecule has 158 valence electrons. The highest BCUT2D eigenvalue weighted by atomic mass is 35.5. The Morgan fingerprint density at radius 1 is 1.38 bits per heavy atom. The Morgan fingerprint density at radius 2 is 2.07 bits per heavy atom. The molecule has 2 N–H and O–H groups in total. The molecule has 1 aliphatic rings. The van der Waals surface area contributed by atoms with Gasteiger partial charge in [0, 0.05) is 5.02 Å². The van der Waals surface area contributed by atoms with Crippen LogP contribution in [0.25, 0.3) is 11.3 Å². The molecule has 0 unspecified atom stereocenters. The van der Waals surface area contributed by atoms with Crippen LogP contribution >= 0.6 is 11.6 Å². The molecule has 0 radical (unpaired) electrons. The van der Waals surface area contributed by atoms with E-state index in [0.29, 0.717) is 17.1 Å². The van der Waals surface area contributed by atoms with Gasteiger partial charge in [0.2, 0.25) is 0 Å². The Bertz CT molecular complexity index is 972. The minimum atomic E-state index is -3.11. The van der Waals surface area contributed by atoms with Gasteiger partial charge in [-0.25, -0.2) is 8.42 Å². The first-order chi connectivity index (χ1) is 13.7. The Balaban J connectivity index is 1.96. The number of nitrogens with zero attached hydrogens (tertiary/aromatic N) is 2. The topological polar surface area (TPSA) is 101 Å². The zero-order valence-electron chi connectivity index (χ0n) is 16.5. The number of sulfone groups is 1. The lowest BCUT2D eigenvalue weighted by Crippen LogP contribution is -2.42. The number of amides is 1. The lowest BCUT2D eigenvalue weighted by Gasteiger charge is -2.21. The number of rotatable bonds is 7. The molecule has 1 amide bonds. The quantitative estimate of drug-likeness (QED) is 0.690. The monoisotopic (exact) mass is 439 g/mol. The van der Waals surface area contributed by atoms with E-state index in [-0.39, 0.29) is 47.7 Å². The molecule has 3 atom stereocenters. The Labute approximate surface area is 176 Å². The van der Waals surface area contributed by atoms with Crippen LogP contribution in [-0.2, 0) is 9.84 Å². The minimum absolute atomic E-state index is 0.00244. The number of aliphatic hydroxyl groups is 1. The fraction of sp³-hybridized carbons (Fsp3) is 0.500. The van der Waals surface area contributed by atoms with Crippen LogP contribution in [-0.4, -0.2) is 53.4 Å². The largest absolute Gasteiger partial charge is 0.394 e. The Hall–Kier alpha value is -1.90. The molecule has 7 nitrogen and oxygen atoms in total. The average molecular weight is 440 g/mol. The van der Waals surface area contributed by atoms with Gasteiger partial charge in [-0.05, 0) is 36.1 Å². The molecule has 1 aromatic heterocycles. The number of hydrogen-bond acceptors (Lipinski definition) is 5. The van der Waals surface area contributed by atoms with Gasteiger partial charge in [0.1, 0.15) is 0 Å². The van der Waals surface area contributed by atoms with E-state index in [0.717, 1.165) is 12.0 Å². The summed E-state index contributed by atoms with van der Waals surface area (Å²) in [6.45, 7) is 3.79. The van der Waals surface area contributed by atoms with Gasteiger partial charge in [0.25, 0.3) is 5.91 Å². The van der Waals surface area contributed by atoms with E-state index >= 15 is 0 Å². The van der Waals surface area contributed by atoms with Crippen LogP contribution in [0.15, 0.2) is 30.3 Å². The van der Waals surface area contributed by atoms with Crippen LogP contribution in [0.2, 0.25) is 5.02 Å². The third-order valence-corrected chi connectivity index (χ3v) is 7.51. The number of carbonyl (C=O) groups is 1. The number of benzene rings is 1. The van der Waals surface area contributed by atoms with Gasteiger partial charge < -0.3 is 10.4 Å². The first-order valence-electron chi connectivity index (χ1n) is 9.71. The Kier molecular flexibility index (Phi) is 6.65. The fourth-order valence-corrected chi connectivity index (χ4v) is 5.30. The zero-order chi connectivity index (χ0) is 21.2. The molecule has 0 aliphatic carbocycles. The maximum absolute atomic E-state index is 12.8. The molecule has 1 saturated heterocycles. The second kappa shape index (κ2) is 8.85. The minimum Gasteiger partial charge on any atom is -0.394 e. The van der Waals surface area contributed by atoms with Crippen molar-refractivity contribution in [2.24, 2.45) is 5.92 Å². The van der Waals surface area contributed by atoms with Crippen LogP contribution in [0.5, 0.6) is 0 Å². The summed E-state index contributed by atoms with van der Waals surface area (Å²) in [5, 5.41) is 17.5. The SMILES string of the molecule is CC[C@H](C)[C@@H](CO)NC(=O)c1cc(-c2ccc(Cl)cc2)n([C@H]2CCS(=O)(=O)C2)n1. The third-order valence-electron chi connectivity index (χ3n) is 5.51. The van der Waals surface area contributed by atoms with Crippen LogP contribution in [0.4, 0.5) is 0 Å². The summed E-state index contributed by atoms with van der Waals surface area (Å²) in [7, 11) is -3.11. The van der Waals surface area contributed by atoms with Gasteiger partial charge in [-0.15, -0.1) is 0 Å². The molecule has 9 heteroatoms. The maximum Gasteiger partial charge on any atom is 0.272 e. The molecule has 0 bridgehead atoms. The molecule has 3 rings (SSSR count). The van der Waals surface area contributed by atoms with E-state index in [1.54, 1.807) is 22.9 Å². The van der Waals surface area contributed by atoms with E-state index in [4.69, 9.17) is 11.6 Å². The average Bonchev–Trinajstić information content (AvgIpc) is 3.29. The van der Waals surface area contributed by atoms with E-state index < -0.39 is 9.84 Å². The summed E-state index contributed by atoms with van der Waals surface area (Å²) in [6, 6.07) is 8.08. The highest BCUT2D eigenvalue weighted by Crippen LogP contribution is 2.30. The van der Waals surface area contributed by atoms with Crippen molar-refractivity contribution in [1.82, 2.24) is 15.1 Å². The zero-order valence-corrected chi connectivity index (χ0v) is 18.1. The summed E-state index contributed by atoms with van der Waals surface area (Å²) in [6.07, 6.45) is 1.27. The van der Waals surface area contributed by atoms with Crippen molar-refractivity contribution in [3.63, 3.8) is 0 Å². The van der Waals surface area contributed by atoms with Crippen molar-refractivity contribution in [3.8, 4) is 11.3 Å². The second-order valence-corrected chi connectivity index (χ2v) is 10.2. The summed E-state index contributed by atoms with van der Waals surface area (Å²) in [5.74, 6) is -0.164. The highest BCUT2D eigenvalue weighted by molar-refractivity contribution is 7.91. The van der Waals surface area contributed by atoms with Gasteiger partial charge in [0.15, 0.2) is 15.5 Å². The summed E-state index contributed by atoms with van der Waals surface area (Å²) in [4.78, 5) is 12.8. The van der Waals surface area contributed by atoms with Crippen LogP contribution in [0, 0.1) is 5.92 Å². The molecule has 0 saturated carbocycles. The third kappa shape index (κ3) is 4.99. The smallest absolute Gasteiger partial charge is 0.272 e. The van der Waals surface area contributed by atoms with Crippen molar-refractivity contribution in [2.45, 2.75) is 38.8 Å². The van der Waals surface area contributed by atoms with E-state index in [2.05, 4.69) is 10.4 Å². The summed E-state index contributed by atoms with van der Waals surface area (Å²) >= 11 is 5.99. The van der Waals surface area contributed by atoms with Crippen LogP contribution < -0.4 is 5.32 Å². The second-order valence-electron chi connectivity index (χ2n) is 7.57. The normalized spacial score (nSPS) is 20.3. The van der Waals surface area contributed by atoms with E-state index in [1.165, 1.54) is 0 Å². The predicted molar refractivity (Wildman–Crippen MR) is 113 cm³/mol. The standard InChI is InChI=1S/C20H26ClN3O4S/c1-3-13(2)18(11-25)22-20(26)17-10-19(14-4-6-15(21)7-5-14)24(23-17)16-8-9-29(27,28)12-16/h4-7,10,13,16,18,25H,3,8-9,11-12H2,1-2H3,(H,22,26)/t13-,16-,18+/m0/s1. The van der Waals surface area contributed by atoms with Gasteiger partial charge in [-0.3, -0.25) is 9.48 Å². The molecule has 1 fully saturated rings. The Morgan fingerprint density at radius 3 is 2.62 bits per heavy atom. The van der Waals surface area contributed by atoms with Crippen LogP contribution in [0.1, 0.15) is 43.2 Å². The van der Waals surface area contributed by atoms with Crippen molar-refractivity contribution in [3.05, 3.63) is 41.0 Å². The van der Waals surface area contributed by atoms with Gasteiger partial charge in [-0.1, -0.05) is 44.0 Å². The first-order valence-corrected chi connectivity index (χ1v) is 11.9. The lowest BCUT2D eigenvalue weighted by atomic mass is 10.00. The van der Waals surface area contributed by atoms with Crippen molar-refractivity contribution in [1.29, 1.82) is 0 Å². The number of aromatic nitrogens is 2. The number of halogens is 1. The number of nitrogens with one attached hydrogen (secondary N) is 1. The molecule has 0 spiro atoms. The predicted octanol–water partition coefficient (Wildman–Crippen LogP) is 2.70. The highest BCUT2D eigenvalue weighted by Gasteiger charge is 2.32. The van der Waals surface area contributed by atoms with Gasteiger partial charge in [-0.2, -0.15) is 5.10 Å². The van der Waals surface area contributed by atoms with E-state index in [9.17, 15) is 18.3 Å². The molecule has 29 heavy (non-hydrogen) atoms. The van der Waals surface area contributed by atoms with Gasteiger partial charge in [0.05, 0.1) is 35.9 Å². The summed E-state index contributed by atoms with van der Waals surface area (Å²) < 4.78 is 25.6. The first kappa shape index (κ1) is 21.8. The van der Waals surface area contributed by atoms with Crippen molar-refractivity contribution < 1.29 is 18.3 Å². The number of aliphatic hydroxyl groups excluding tert-OH is 1. The molecular formula is C20H26ClN3O4S. The number of carbonyl (C=O) groups excluding carboxylic acids is 1. The molecular weight excluding hydrogens is 414 g/mol.